The van der Waals surface area contributed by atoms with E-state index in [0.29, 0.717) is 11.6 Å². The predicted molar refractivity (Wildman–Crippen MR) is 82.8 cm³/mol. The van der Waals surface area contributed by atoms with E-state index < -0.39 is 0 Å². The molecule has 104 valence electrons. The summed E-state index contributed by atoms with van der Waals surface area (Å²) in [5, 5.41) is 6.74. The summed E-state index contributed by atoms with van der Waals surface area (Å²) in [5.41, 5.74) is 1.95. The van der Waals surface area contributed by atoms with E-state index in [1.807, 2.05) is 61.5 Å². The van der Waals surface area contributed by atoms with E-state index in [1.54, 1.807) is 0 Å². The zero-order valence-electron chi connectivity index (χ0n) is 11.3. The number of nitrogens with one attached hydrogen (secondary N) is 2. The lowest BCUT2D eigenvalue weighted by Crippen LogP contribution is -2.37. The van der Waals surface area contributed by atoms with Crippen LogP contribution in [0.15, 0.2) is 54.6 Å². The number of carbonyl (C=O) groups is 1. The van der Waals surface area contributed by atoms with Crippen molar-refractivity contribution < 1.29 is 4.79 Å². The van der Waals surface area contributed by atoms with Crippen LogP contribution in [-0.2, 0) is 11.3 Å². The quantitative estimate of drug-likeness (QED) is 0.885. The van der Waals surface area contributed by atoms with Crippen LogP contribution in [0.3, 0.4) is 0 Å². The number of para-hydroxylation sites is 1. The van der Waals surface area contributed by atoms with E-state index in [1.165, 1.54) is 0 Å². The maximum Gasteiger partial charge on any atom is 0.242 e. The van der Waals surface area contributed by atoms with E-state index in [9.17, 15) is 4.79 Å². The third-order valence-corrected chi connectivity index (χ3v) is 3.18. The summed E-state index contributed by atoms with van der Waals surface area (Å²) in [4.78, 5) is 12.0. The number of anilines is 1. The highest BCUT2D eigenvalue weighted by molar-refractivity contribution is 6.30. The van der Waals surface area contributed by atoms with Crippen LogP contribution in [0.2, 0.25) is 5.02 Å². The van der Waals surface area contributed by atoms with E-state index in [0.717, 1.165) is 11.3 Å². The van der Waals surface area contributed by atoms with Gasteiger partial charge in [-0.2, -0.15) is 0 Å². The number of carbonyl (C=O) groups excluding carboxylic acids is 1. The number of hydrogen-bond donors (Lipinski definition) is 2. The van der Waals surface area contributed by atoms with Gasteiger partial charge in [0.25, 0.3) is 0 Å². The Morgan fingerprint density at radius 1 is 1.10 bits per heavy atom. The van der Waals surface area contributed by atoms with Crippen LogP contribution in [0.25, 0.3) is 0 Å². The van der Waals surface area contributed by atoms with Gasteiger partial charge in [0.2, 0.25) is 5.91 Å². The standard InChI is InChI=1S/C16H17ClN2O/c1-12(19-15-5-3-2-4-6-15)16(20)18-11-13-7-9-14(17)10-8-13/h2-10,12,19H,11H2,1H3,(H,18,20)/t12-/m1/s1. The van der Waals surface area contributed by atoms with Crippen molar-refractivity contribution >= 4 is 23.2 Å². The molecule has 0 saturated carbocycles. The van der Waals surface area contributed by atoms with Crippen molar-refractivity contribution in [2.45, 2.75) is 19.5 Å². The molecule has 0 radical (unpaired) electrons. The average molecular weight is 289 g/mol. The average Bonchev–Trinajstić information content (AvgIpc) is 2.47. The highest BCUT2D eigenvalue weighted by atomic mass is 35.5. The molecule has 0 fully saturated rings. The molecule has 0 bridgehead atoms. The normalized spacial score (nSPS) is 11.7. The minimum atomic E-state index is -0.287. The maximum atomic E-state index is 12.0. The minimum Gasteiger partial charge on any atom is -0.374 e. The number of benzene rings is 2. The molecule has 0 aromatic heterocycles. The molecule has 0 spiro atoms. The van der Waals surface area contributed by atoms with Gasteiger partial charge in [0, 0.05) is 17.3 Å². The van der Waals surface area contributed by atoms with Crippen LogP contribution < -0.4 is 10.6 Å². The van der Waals surface area contributed by atoms with Gasteiger partial charge in [0.15, 0.2) is 0 Å². The fraction of sp³-hybridized carbons (Fsp3) is 0.188. The molecule has 2 aromatic carbocycles. The molecule has 0 aliphatic rings. The first-order valence-corrected chi connectivity index (χ1v) is 6.86. The summed E-state index contributed by atoms with van der Waals surface area (Å²) in [7, 11) is 0. The first-order chi connectivity index (χ1) is 9.65. The Kier molecular flexibility index (Phi) is 5.02. The molecule has 1 amide bonds. The van der Waals surface area contributed by atoms with Gasteiger partial charge in [-0.15, -0.1) is 0 Å². The third kappa shape index (κ3) is 4.28. The third-order valence-electron chi connectivity index (χ3n) is 2.93. The van der Waals surface area contributed by atoms with E-state index in [4.69, 9.17) is 11.6 Å². The minimum absolute atomic E-state index is 0.0381. The van der Waals surface area contributed by atoms with Gasteiger partial charge in [0.05, 0.1) is 0 Å². The molecule has 0 aliphatic carbocycles. The smallest absolute Gasteiger partial charge is 0.242 e. The van der Waals surface area contributed by atoms with Gasteiger partial charge < -0.3 is 10.6 Å². The summed E-state index contributed by atoms with van der Waals surface area (Å²) in [6.45, 7) is 2.33. The molecule has 2 N–H and O–H groups in total. The van der Waals surface area contributed by atoms with Crippen molar-refractivity contribution in [1.29, 1.82) is 0 Å². The van der Waals surface area contributed by atoms with Gasteiger partial charge in [-0.1, -0.05) is 41.9 Å². The Balaban J connectivity index is 1.83. The van der Waals surface area contributed by atoms with Crippen LogP contribution in [0, 0.1) is 0 Å². The van der Waals surface area contributed by atoms with Crippen molar-refractivity contribution in [3.63, 3.8) is 0 Å². The molecule has 0 unspecified atom stereocenters. The van der Waals surface area contributed by atoms with Crippen LogP contribution in [0.5, 0.6) is 0 Å². The molecule has 2 aromatic rings. The molecule has 0 saturated heterocycles. The van der Waals surface area contributed by atoms with Crippen molar-refractivity contribution in [2.75, 3.05) is 5.32 Å². The van der Waals surface area contributed by atoms with E-state index >= 15 is 0 Å². The Bertz CT molecular complexity index is 554. The zero-order valence-corrected chi connectivity index (χ0v) is 12.0. The Morgan fingerprint density at radius 2 is 1.75 bits per heavy atom. The summed E-state index contributed by atoms with van der Waals surface area (Å²) < 4.78 is 0. The van der Waals surface area contributed by atoms with Gasteiger partial charge in [-0.25, -0.2) is 0 Å². The summed E-state index contributed by atoms with van der Waals surface area (Å²) in [5.74, 6) is -0.0381. The summed E-state index contributed by atoms with van der Waals surface area (Å²) >= 11 is 5.82. The van der Waals surface area contributed by atoms with Crippen LogP contribution in [0.4, 0.5) is 5.69 Å². The molecule has 3 nitrogen and oxygen atoms in total. The monoisotopic (exact) mass is 288 g/mol. The Labute approximate surface area is 124 Å². The van der Waals surface area contributed by atoms with E-state index in [-0.39, 0.29) is 11.9 Å². The van der Waals surface area contributed by atoms with Crippen LogP contribution in [-0.4, -0.2) is 11.9 Å². The van der Waals surface area contributed by atoms with Gasteiger partial charge in [-0.3, -0.25) is 4.79 Å². The molecular weight excluding hydrogens is 272 g/mol. The van der Waals surface area contributed by atoms with Crippen molar-refractivity contribution in [3.05, 3.63) is 65.2 Å². The Morgan fingerprint density at radius 3 is 2.40 bits per heavy atom. The van der Waals surface area contributed by atoms with Gasteiger partial charge >= 0.3 is 0 Å². The lowest BCUT2D eigenvalue weighted by atomic mass is 10.2. The molecule has 0 aliphatic heterocycles. The Hall–Kier alpha value is -2.00. The van der Waals surface area contributed by atoms with Gasteiger partial charge in [0.1, 0.15) is 6.04 Å². The van der Waals surface area contributed by atoms with Crippen molar-refractivity contribution in [1.82, 2.24) is 5.32 Å². The first kappa shape index (κ1) is 14.4. The first-order valence-electron chi connectivity index (χ1n) is 6.49. The SMILES string of the molecule is C[C@@H](Nc1ccccc1)C(=O)NCc1ccc(Cl)cc1. The number of halogens is 1. The summed E-state index contributed by atoms with van der Waals surface area (Å²) in [6, 6.07) is 16.8. The second kappa shape index (κ2) is 6.96. The molecule has 0 heterocycles. The van der Waals surface area contributed by atoms with Crippen LogP contribution in [0.1, 0.15) is 12.5 Å². The predicted octanol–water partition coefficient (Wildman–Crippen LogP) is 3.46. The van der Waals surface area contributed by atoms with Crippen LogP contribution >= 0.6 is 11.6 Å². The molecule has 4 heteroatoms. The number of amides is 1. The van der Waals surface area contributed by atoms with Crippen molar-refractivity contribution in [2.24, 2.45) is 0 Å². The number of rotatable bonds is 5. The molecule has 20 heavy (non-hydrogen) atoms. The second-order valence-corrected chi connectivity index (χ2v) is 5.01. The fourth-order valence-electron chi connectivity index (χ4n) is 1.79. The maximum absolute atomic E-state index is 12.0. The summed E-state index contributed by atoms with van der Waals surface area (Å²) in [6.07, 6.45) is 0. The second-order valence-electron chi connectivity index (χ2n) is 4.58. The lowest BCUT2D eigenvalue weighted by Gasteiger charge is -2.15. The lowest BCUT2D eigenvalue weighted by molar-refractivity contribution is -0.121. The topological polar surface area (TPSA) is 41.1 Å². The largest absolute Gasteiger partial charge is 0.374 e. The number of hydrogen-bond acceptors (Lipinski definition) is 2. The molecule has 1 atom stereocenters. The highest BCUT2D eigenvalue weighted by Gasteiger charge is 2.11. The molecular formula is C16H17ClN2O. The van der Waals surface area contributed by atoms with Crippen molar-refractivity contribution in [3.8, 4) is 0 Å². The highest BCUT2D eigenvalue weighted by Crippen LogP contribution is 2.10. The van der Waals surface area contributed by atoms with E-state index in [2.05, 4.69) is 10.6 Å². The fourth-order valence-corrected chi connectivity index (χ4v) is 1.92. The molecule has 2 rings (SSSR count). The zero-order chi connectivity index (χ0) is 14.4. The van der Waals surface area contributed by atoms with Gasteiger partial charge in [-0.05, 0) is 36.8 Å².